The van der Waals surface area contributed by atoms with E-state index in [0.717, 1.165) is 0 Å². The topological polar surface area (TPSA) is 233 Å². The highest BCUT2D eigenvalue weighted by atomic mass is 16.7. The van der Waals surface area contributed by atoms with E-state index in [1.54, 1.807) is 33.8 Å². The Balaban J connectivity index is 1.15. The van der Waals surface area contributed by atoms with E-state index in [2.05, 4.69) is 0 Å². The van der Waals surface area contributed by atoms with Crippen molar-refractivity contribution >= 4 is 22.5 Å². The fraction of sp³-hybridized carbons (Fsp3) is 0.605. The molecule has 4 fully saturated rings. The van der Waals surface area contributed by atoms with Gasteiger partial charge in [-0.25, -0.2) is 0 Å². The number of carbonyl (C=O) groups is 2. The molecular weight excluding hydrogens is 768 g/mol. The number of nitrogens with zero attached hydrogens (tertiary/aromatic N) is 1. The second-order valence-electron chi connectivity index (χ2n) is 17.6. The molecule has 0 bridgehead atoms. The van der Waals surface area contributed by atoms with Crippen molar-refractivity contribution in [2.75, 3.05) is 14.1 Å². The zero-order valence-corrected chi connectivity index (χ0v) is 34.5. The van der Waals surface area contributed by atoms with Gasteiger partial charge in [0.15, 0.2) is 29.4 Å². The monoisotopic (exact) mass is 822 g/mol. The van der Waals surface area contributed by atoms with Crippen LogP contribution in [0.4, 0.5) is 0 Å². The van der Waals surface area contributed by atoms with Crippen molar-refractivity contribution in [3.05, 3.63) is 73.6 Å². The fourth-order valence-electron chi connectivity index (χ4n) is 9.24. The molecule has 1 aliphatic carbocycles. The molecule has 0 saturated carbocycles. The maximum atomic E-state index is 14.8. The van der Waals surface area contributed by atoms with Crippen molar-refractivity contribution in [2.24, 2.45) is 5.73 Å². The lowest BCUT2D eigenvalue weighted by Gasteiger charge is -2.46. The quantitative estimate of drug-likeness (QED) is 0.161. The van der Waals surface area contributed by atoms with E-state index in [-0.39, 0.29) is 81.7 Å². The summed E-state index contributed by atoms with van der Waals surface area (Å²) in [6, 6.07) is 5.57. The van der Waals surface area contributed by atoms with Crippen molar-refractivity contribution in [3.63, 3.8) is 0 Å². The molecule has 3 aromatic rings. The number of hydrogen-bond donors (Lipinski definition) is 5. The molecular formula is C43H54N2O14. The van der Waals surface area contributed by atoms with Gasteiger partial charge in [0.2, 0.25) is 5.78 Å². The highest BCUT2D eigenvalue weighted by Gasteiger charge is 2.53. The van der Waals surface area contributed by atoms with Crippen LogP contribution in [-0.4, -0.2) is 124 Å². The predicted octanol–water partition coefficient (Wildman–Crippen LogP) is 2.66. The molecule has 4 aliphatic heterocycles. The first kappa shape index (κ1) is 42.1. The Kier molecular flexibility index (Phi) is 10.7. The van der Waals surface area contributed by atoms with Gasteiger partial charge in [0.05, 0.1) is 65.8 Å². The summed E-state index contributed by atoms with van der Waals surface area (Å²) in [4.78, 5) is 45.3. The predicted molar refractivity (Wildman–Crippen MR) is 209 cm³/mol. The van der Waals surface area contributed by atoms with E-state index in [1.807, 2.05) is 32.8 Å². The molecule has 4 saturated heterocycles. The molecule has 6 N–H and O–H groups in total. The molecule has 0 spiro atoms. The number of fused-ring (bicyclic) bond motifs is 4. The first-order chi connectivity index (χ1) is 27.7. The van der Waals surface area contributed by atoms with E-state index in [9.17, 15) is 34.8 Å². The second-order valence-corrected chi connectivity index (χ2v) is 17.6. The van der Waals surface area contributed by atoms with Gasteiger partial charge in [0, 0.05) is 47.2 Å². The Morgan fingerprint density at radius 1 is 0.881 bits per heavy atom. The van der Waals surface area contributed by atoms with Crippen LogP contribution in [0.2, 0.25) is 0 Å². The molecule has 14 unspecified atom stereocenters. The number of likely N-dealkylation sites (N-methyl/N-ethyl adjacent to an activating group) is 1. The number of benzene rings is 2. The van der Waals surface area contributed by atoms with Gasteiger partial charge in [-0.3, -0.25) is 14.4 Å². The third-order valence-corrected chi connectivity index (χ3v) is 13.1. The first-order valence-corrected chi connectivity index (χ1v) is 20.2. The molecule has 2 aromatic carbocycles. The van der Waals surface area contributed by atoms with Gasteiger partial charge in [-0.05, 0) is 79.8 Å². The normalized spacial score (nSPS) is 38.4. The smallest absolute Gasteiger partial charge is 0.202 e. The summed E-state index contributed by atoms with van der Waals surface area (Å²) in [5.41, 5.74) is 3.87. The molecule has 1 aromatic heterocycles. The van der Waals surface area contributed by atoms with E-state index >= 15 is 0 Å². The van der Waals surface area contributed by atoms with Crippen LogP contribution in [-0.2, 0) is 40.6 Å². The summed E-state index contributed by atoms with van der Waals surface area (Å²) in [6.07, 6.45) is -7.48. The standard InChI is InChI=1S/C43H54N2O14/c1-17-35(48)27(47)14-30(55-17)58-39-18(2)54-28(12-25(39)45(7)8)22-9-10-23-33(37(22)50)38(51)34-24(36(23)49)11-21(16-53-31-15-42(5,44)41(52)19(3)56-31)32-26(46)13-29(57-40(32)34)43(6)20(4)59-43/h9-11,13,17-20,25,27-28,30-31,35,39,41,47-48,50,52H,12,14-16,44H2,1-8H3. The Morgan fingerprint density at radius 3 is 2.22 bits per heavy atom. The molecule has 0 radical (unpaired) electrons. The maximum Gasteiger partial charge on any atom is 0.202 e. The van der Waals surface area contributed by atoms with E-state index in [0.29, 0.717) is 6.42 Å². The molecule has 8 rings (SSSR count). The SMILES string of the molecule is CC1OC(OC2C(C)OC(c3ccc4c(c3O)C(=O)c3c(cc(COC5CC(C)(N)C(O)C(C)O5)c5c(=O)cc(C6(C)OC6C)oc35)C4=O)CC2N(C)C)CC(O)C1O. The number of nitrogens with two attached hydrogens (primary N) is 1. The Bertz CT molecular complexity index is 2230. The van der Waals surface area contributed by atoms with Crippen molar-refractivity contribution in [2.45, 2.75) is 152 Å². The summed E-state index contributed by atoms with van der Waals surface area (Å²) in [5, 5.41) is 43.1. The number of aliphatic hydroxyl groups is 3. The number of carbonyl (C=O) groups excluding carboxylic acids is 2. The Labute approximate surface area is 341 Å². The second kappa shape index (κ2) is 15.1. The number of phenolic OH excluding ortho intramolecular Hbond substituents is 1. The van der Waals surface area contributed by atoms with Gasteiger partial charge in [-0.1, -0.05) is 6.07 Å². The van der Waals surface area contributed by atoms with Crippen LogP contribution in [0.15, 0.2) is 33.5 Å². The van der Waals surface area contributed by atoms with Gasteiger partial charge in [0.1, 0.15) is 29.3 Å². The maximum absolute atomic E-state index is 14.8. The number of ketones is 2. The van der Waals surface area contributed by atoms with Crippen LogP contribution >= 0.6 is 0 Å². The van der Waals surface area contributed by atoms with Crippen molar-refractivity contribution < 1.29 is 62.9 Å². The molecule has 14 atom stereocenters. The molecule has 0 amide bonds. The number of rotatable bonds is 8. The Morgan fingerprint density at radius 2 is 1.58 bits per heavy atom. The van der Waals surface area contributed by atoms with Gasteiger partial charge < -0.3 is 63.9 Å². The van der Waals surface area contributed by atoms with Crippen LogP contribution < -0.4 is 11.2 Å². The highest BCUT2D eigenvalue weighted by molar-refractivity contribution is 6.32. The minimum Gasteiger partial charge on any atom is -0.507 e. The van der Waals surface area contributed by atoms with Crippen LogP contribution in [0.25, 0.3) is 11.0 Å². The summed E-state index contributed by atoms with van der Waals surface area (Å²) in [6.45, 7) is 10.2. The largest absolute Gasteiger partial charge is 0.507 e. The average Bonchev–Trinajstić information content (AvgIpc) is 3.80. The lowest BCUT2D eigenvalue weighted by atomic mass is 9.79. The van der Waals surface area contributed by atoms with Crippen LogP contribution in [0.1, 0.15) is 116 Å². The van der Waals surface area contributed by atoms with Gasteiger partial charge in [-0.15, -0.1) is 0 Å². The van der Waals surface area contributed by atoms with Gasteiger partial charge in [0.25, 0.3) is 0 Å². The minimum atomic E-state index is -1.03. The minimum absolute atomic E-state index is 0.0201. The van der Waals surface area contributed by atoms with Crippen LogP contribution in [0, 0.1) is 0 Å². The number of ether oxygens (including phenoxy) is 6. The highest BCUT2D eigenvalue weighted by Crippen LogP contribution is 2.48. The number of aromatic hydroxyl groups is 1. The zero-order chi connectivity index (χ0) is 42.6. The summed E-state index contributed by atoms with van der Waals surface area (Å²) >= 11 is 0. The van der Waals surface area contributed by atoms with Crippen LogP contribution in [0.5, 0.6) is 5.75 Å². The molecule has 16 heteroatoms. The average molecular weight is 823 g/mol. The Hall–Kier alpha value is -3.65. The number of aliphatic hydroxyl groups excluding tert-OH is 3. The number of phenols is 1. The first-order valence-electron chi connectivity index (χ1n) is 20.2. The van der Waals surface area contributed by atoms with Gasteiger partial charge >= 0.3 is 0 Å². The van der Waals surface area contributed by atoms with E-state index < -0.39 is 95.3 Å². The van der Waals surface area contributed by atoms with E-state index in [4.69, 9.17) is 38.6 Å². The summed E-state index contributed by atoms with van der Waals surface area (Å²) in [7, 11) is 3.76. The summed E-state index contributed by atoms with van der Waals surface area (Å²) in [5.74, 6) is -1.53. The molecule has 59 heavy (non-hydrogen) atoms. The third kappa shape index (κ3) is 7.15. The molecule has 5 heterocycles. The molecule has 5 aliphatic rings. The lowest BCUT2D eigenvalue weighted by Crippen LogP contribution is -2.60. The zero-order valence-electron chi connectivity index (χ0n) is 34.5. The molecule has 320 valence electrons. The van der Waals surface area contributed by atoms with Crippen molar-refractivity contribution in [3.8, 4) is 5.75 Å². The number of hydrogen-bond acceptors (Lipinski definition) is 16. The van der Waals surface area contributed by atoms with Crippen LogP contribution in [0.3, 0.4) is 0 Å². The summed E-state index contributed by atoms with van der Waals surface area (Å²) < 4.78 is 42.9. The van der Waals surface area contributed by atoms with Crippen molar-refractivity contribution in [1.29, 1.82) is 0 Å². The lowest BCUT2D eigenvalue weighted by molar-refractivity contribution is -0.287. The third-order valence-electron chi connectivity index (χ3n) is 13.1. The van der Waals surface area contributed by atoms with Gasteiger partial charge in [-0.2, -0.15) is 0 Å². The fourth-order valence-corrected chi connectivity index (χ4v) is 9.24. The van der Waals surface area contributed by atoms with Crippen molar-refractivity contribution in [1.82, 2.24) is 4.90 Å². The molecule has 16 nitrogen and oxygen atoms in total. The van der Waals surface area contributed by atoms with E-state index in [1.165, 1.54) is 18.2 Å². The number of epoxide rings is 1.